The van der Waals surface area contributed by atoms with Gasteiger partial charge in [-0.15, -0.1) is 0 Å². The van der Waals surface area contributed by atoms with Gasteiger partial charge in [-0.25, -0.2) is 4.79 Å². The summed E-state index contributed by atoms with van der Waals surface area (Å²) in [5, 5.41) is 0. The molecule has 0 aliphatic heterocycles. The van der Waals surface area contributed by atoms with Gasteiger partial charge in [0.15, 0.2) is 0 Å². The van der Waals surface area contributed by atoms with Crippen molar-refractivity contribution in [1.82, 2.24) is 0 Å². The van der Waals surface area contributed by atoms with E-state index in [0.717, 1.165) is 34.2 Å². The minimum Gasteiger partial charge on any atom is -0.495 e. The predicted octanol–water partition coefficient (Wildman–Crippen LogP) is 3.09. The van der Waals surface area contributed by atoms with E-state index in [1.807, 2.05) is 19.1 Å². The largest absolute Gasteiger partial charge is 0.495 e. The summed E-state index contributed by atoms with van der Waals surface area (Å²) in [6.45, 7) is 2.00. The number of isocyanates is 1. The van der Waals surface area contributed by atoms with E-state index in [1.165, 1.54) is 0 Å². The first-order valence-electron chi connectivity index (χ1n) is 5.07. The van der Waals surface area contributed by atoms with E-state index in [9.17, 15) is 4.79 Å². The Morgan fingerprint density at radius 3 is 2.69 bits per heavy atom. The van der Waals surface area contributed by atoms with E-state index < -0.39 is 0 Å². The number of aryl methyl sites for hydroxylation is 1. The molecule has 0 bridgehead atoms. The molecule has 0 spiro atoms. The summed E-state index contributed by atoms with van der Waals surface area (Å²) in [4.78, 5) is 14.4. The van der Waals surface area contributed by atoms with Crippen LogP contribution < -0.4 is 4.74 Å². The van der Waals surface area contributed by atoms with Crippen molar-refractivity contribution in [1.29, 1.82) is 0 Å². The van der Waals surface area contributed by atoms with Gasteiger partial charge in [0.05, 0.1) is 11.6 Å². The average Bonchev–Trinajstić information content (AvgIpc) is 3.02. The maximum absolute atomic E-state index is 10.5. The van der Waals surface area contributed by atoms with Crippen molar-refractivity contribution >= 4 is 22.0 Å². The number of halogens is 1. The molecule has 1 aromatic rings. The molecule has 0 amide bonds. The van der Waals surface area contributed by atoms with Gasteiger partial charge in [0.2, 0.25) is 6.08 Å². The second-order valence-electron chi connectivity index (χ2n) is 4.01. The molecule has 1 aromatic carbocycles. The number of nitrogens with zero attached hydrogens (tertiary/aromatic N) is 1. The van der Waals surface area contributed by atoms with E-state index in [0.29, 0.717) is 0 Å². The lowest BCUT2D eigenvalue weighted by atomic mass is 9.98. The van der Waals surface area contributed by atoms with Gasteiger partial charge in [0, 0.05) is 5.56 Å². The molecule has 3 nitrogen and oxygen atoms in total. The highest BCUT2D eigenvalue weighted by atomic mass is 79.9. The van der Waals surface area contributed by atoms with Gasteiger partial charge in [-0.05, 0) is 47.3 Å². The maximum atomic E-state index is 10.5. The van der Waals surface area contributed by atoms with Crippen LogP contribution in [-0.2, 0) is 10.3 Å². The molecular weight excluding hydrogens is 270 g/mol. The van der Waals surface area contributed by atoms with Crippen LogP contribution in [0.4, 0.5) is 0 Å². The summed E-state index contributed by atoms with van der Waals surface area (Å²) in [7, 11) is 1.63. The Balaban J connectivity index is 2.63. The lowest BCUT2D eigenvalue weighted by Gasteiger charge is -2.17. The zero-order valence-corrected chi connectivity index (χ0v) is 10.8. The van der Waals surface area contributed by atoms with Crippen LogP contribution in [0.5, 0.6) is 5.75 Å². The van der Waals surface area contributed by atoms with Crippen molar-refractivity contribution in [3.63, 3.8) is 0 Å². The van der Waals surface area contributed by atoms with E-state index in [4.69, 9.17) is 4.74 Å². The maximum Gasteiger partial charge on any atom is 0.235 e. The summed E-state index contributed by atoms with van der Waals surface area (Å²) < 4.78 is 6.28. The van der Waals surface area contributed by atoms with Crippen molar-refractivity contribution in [2.24, 2.45) is 4.99 Å². The van der Waals surface area contributed by atoms with Gasteiger partial charge in [-0.3, -0.25) is 0 Å². The monoisotopic (exact) mass is 281 g/mol. The lowest BCUT2D eigenvalue weighted by Crippen LogP contribution is -2.08. The lowest BCUT2D eigenvalue weighted by molar-refractivity contribution is 0.401. The van der Waals surface area contributed by atoms with E-state index in [-0.39, 0.29) is 5.54 Å². The molecular formula is C12H12BrNO2. The fraction of sp³-hybridized carbons (Fsp3) is 0.417. The first-order valence-corrected chi connectivity index (χ1v) is 5.86. The van der Waals surface area contributed by atoms with E-state index >= 15 is 0 Å². The number of methoxy groups -OCH3 is 1. The minimum absolute atomic E-state index is 0.388. The number of rotatable bonds is 3. The normalized spacial score (nSPS) is 16.4. The van der Waals surface area contributed by atoms with Gasteiger partial charge >= 0.3 is 0 Å². The molecule has 0 unspecified atom stereocenters. The Bertz CT molecular complexity index is 474. The molecule has 16 heavy (non-hydrogen) atoms. The fourth-order valence-corrected chi connectivity index (χ4v) is 2.55. The van der Waals surface area contributed by atoms with Gasteiger partial charge in [0.25, 0.3) is 0 Å². The summed E-state index contributed by atoms with van der Waals surface area (Å²) in [5.41, 5.74) is 1.71. The van der Waals surface area contributed by atoms with Crippen LogP contribution >= 0.6 is 15.9 Å². The third-order valence-electron chi connectivity index (χ3n) is 2.97. The molecule has 0 N–H and O–H groups in total. The van der Waals surface area contributed by atoms with Crippen LogP contribution in [0, 0.1) is 6.92 Å². The first kappa shape index (κ1) is 11.4. The smallest absolute Gasteiger partial charge is 0.235 e. The van der Waals surface area contributed by atoms with Crippen LogP contribution in [0.15, 0.2) is 21.6 Å². The Morgan fingerprint density at radius 1 is 1.50 bits per heavy atom. The predicted molar refractivity (Wildman–Crippen MR) is 64.5 cm³/mol. The third kappa shape index (κ3) is 1.68. The SMILES string of the molecule is COc1c(Br)ccc(C)c1C1(N=C=O)CC1. The molecule has 0 aromatic heterocycles. The Labute approximate surface area is 103 Å². The van der Waals surface area contributed by atoms with Gasteiger partial charge in [-0.1, -0.05) is 6.07 Å². The number of carbonyl (C=O) groups excluding carboxylic acids is 1. The quantitative estimate of drug-likeness (QED) is 0.631. The highest BCUT2D eigenvalue weighted by Gasteiger charge is 2.48. The van der Waals surface area contributed by atoms with Crippen molar-refractivity contribution in [2.45, 2.75) is 25.3 Å². The minimum atomic E-state index is -0.388. The molecule has 1 aliphatic carbocycles. The highest BCUT2D eigenvalue weighted by molar-refractivity contribution is 9.10. The van der Waals surface area contributed by atoms with E-state index in [2.05, 4.69) is 20.9 Å². The van der Waals surface area contributed by atoms with Crippen molar-refractivity contribution in [2.75, 3.05) is 7.11 Å². The van der Waals surface area contributed by atoms with E-state index in [1.54, 1.807) is 13.2 Å². The molecule has 0 atom stereocenters. The molecule has 0 heterocycles. The third-order valence-corrected chi connectivity index (χ3v) is 3.60. The number of hydrogen-bond acceptors (Lipinski definition) is 3. The zero-order chi connectivity index (χ0) is 11.8. The molecule has 1 fully saturated rings. The molecule has 1 aliphatic rings. The van der Waals surface area contributed by atoms with Crippen LogP contribution in [0.1, 0.15) is 24.0 Å². The molecule has 84 valence electrons. The molecule has 2 rings (SSSR count). The van der Waals surface area contributed by atoms with Crippen molar-refractivity contribution in [3.05, 3.63) is 27.7 Å². The number of aliphatic imine (C=N–C) groups is 1. The summed E-state index contributed by atoms with van der Waals surface area (Å²) in [5.74, 6) is 0.775. The second kappa shape index (κ2) is 4.04. The fourth-order valence-electron chi connectivity index (χ4n) is 2.06. The van der Waals surface area contributed by atoms with Crippen LogP contribution in [0.2, 0.25) is 0 Å². The second-order valence-corrected chi connectivity index (χ2v) is 4.86. The Kier molecular flexibility index (Phi) is 2.87. The first-order chi connectivity index (χ1) is 7.64. The summed E-state index contributed by atoms with van der Waals surface area (Å²) >= 11 is 3.45. The molecule has 0 saturated heterocycles. The van der Waals surface area contributed by atoms with Crippen molar-refractivity contribution in [3.8, 4) is 5.75 Å². The van der Waals surface area contributed by atoms with Gasteiger partial charge in [0.1, 0.15) is 11.3 Å². The van der Waals surface area contributed by atoms with Gasteiger partial charge in [-0.2, -0.15) is 4.99 Å². The van der Waals surface area contributed by atoms with Crippen LogP contribution in [0.3, 0.4) is 0 Å². The zero-order valence-electron chi connectivity index (χ0n) is 9.21. The topological polar surface area (TPSA) is 38.7 Å². The standard InChI is InChI=1S/C12H12BrNO2/c1-8-3-4-9(13)11(16-2)10(8)12(5-6-12)14-7-15/h3-4H,5-6H2,1-2H3. The average molecular weight is 282 g/mol. The van der Waals surface area contributed by atoms with Crippen molar-refractivity contribution < 1.29 is 9.53 Å². The number of benzene rings is 1. The molecule has 4 heteroatoms. The van der Waals surface area contributed by atoms with Gasteiger partial charge < -0.3 is 4.74 Å². The Hall–Kier alpha value is -1.12. The highest BCUT2D eigenvalue weighted by Crippen LogP contribution is 2.54. The molecule has 0 radical (unpaired) electrons. The number of hydrogen-bond donors (Lipinski definition) is 0. The molecule has 1 saturated carbocycles. The summed E-state index contributed by atoms with van der Waals surface area (Å²) in [6, 6.07) is 3.95. The Morgan fingerprint density at radius 2 is 2.19 bits per heavy atom. The van der Waals surface area contributed by atoms with Crippen LogP contribution in [-0.4, -0.2) is 13.2 Å². The number of ether oxygens (including phenoxy) is 1. The summed E-state index contributed by atoms with van der Waals surface area (Å²) in [6.07, 6.45) is 3.44. The van der Waals surface area contributed by atoms with Crippen LogP contribution in [0.25, 0.3) is 0 Å².